The summed E-state index contributed by atoms with van der Waals surface area (Å²) in [6, 6.07) is 0.444. The highest BCUT2D eigenvalue weighted by Gasteiger charge is 2.44. The molecule has 2 N–H and O–H groups in total. The standard InChI is InChI=1S/C14H28N2O2/c1-4-9-16(10-5-2)12-7-8-14(15,11-12)13(17)18-6-3/h12H,4-11,15H2,1-3H3. The van der Waals surface area contributed by atoms with Crippen molar-refractivity contribution in [3.8, 4) is 0 Å². The highest BCUT2D eigenvalue weighted by atomic mass is 16.5. The van der Waals surface area contributed by atoms with Crippen LogP contribution in [0.15, 0.2) is 0 Å². The van der Waals surface area contributed by atoms with E-state index in [9.17, 15) is 4.79 Å². The fraction of sp³-hybridized carbons (Fsp3) is 0.929. The molecule has 0 saturated heterocycles. The Bertz CT molecular complexity index is 265. The van der Waals surface area contributed by atoms with Gasteiger partial charge in [0.15, 0.2) is 0 Å². The number of nitrogens with zero attached hydrogens (tertiary/aromatic N) is 1. The molecule has 2 atom stereocenters. The fourth-order valence-electron chi connectivity index (χ4n) is 2.87. The first-order valence-corrected chi connectivity index (χ1v) is 7.27. The summed E-state index contributed by atoms with van der Waals surface area (Å²) in [5.41, 5.74) is 5.46. The van der Waals surface area contributed by atoms with Gasteiger partial charge in [-0.05, 0) is 52.1 Å². The molecule has 18 heavy (non-hydrogen) atoms. The van der Waals surface area contributed by atoms with E-state index in [0.29, 0.717) is 12.6 Å². The van der Waals surface area contributed by atoms with E-state index in [-0.39, 0.29) is 5.97 Å². The van der Waals surface area contributed by atoms with Crippen LogP contribution >= 0.6 is 0 Å². The van der Waals surface area contributed by atoms with Crippen LogP contribution in [0.3, 0.4) is 0 Å². The number of ether oxygens (including phenoxy) is 1. The topological polar surface area (TPSA) is 55.6 Å². The van der Waals surface area contributed by atoms with E-state index in [4.69, 9.17) is 10.5 Å². The first kappa shape index (κ1) is 15.4. The van der Waals surface area contributed by atoms with Gasteiger partial charge < -0.3 is 15.4 Å². The van der Waals surface area contributed by atoms with Crippen molar-refractivity contribution in [3.05, 3.63) is 0 Å². The zero-order chi connectivity index (χ0) is 13.6. The Morgan fingerprint density at radius 2 is 1.94 bits per heavy atom. The first-order chi connectivity index (χ1) is 8.57. The van der Waals surface area contributed by atoms with Gasteiger partial charge in [-0.25, -0.2) is 0 Å². The molecule has 0 bridgehead atoms. The van der Waals surface area contributed by atoms with E-state index in [2.05, 4.69) is 18.7 Å². The zero-order valence-electron chi connectivity index (χ0n) is 12.1. The van der Waals surface area contributed by atoms with Crippen LogP contribution in [0.4, 0.5) is 0 Å². The maximum absolute atomic E-state index is 11.9. The third-order valence-corrected chi connectivity index (χ3v) is 3.74. The summed E-state index contributed by atoms with van der Waals surface area (Å²) in [5.74, 6) is -0.222. The summed E-state index contributed by atoms with van der Waals surface area (Å²) in [7, 11) is 0. The molecule has 1 fully saturated rings. The molecule has 2 unspecified atom stereocenters. The van der Waals surface area contributed by atoms with Gasteiger partial charge in [-0.3, -0.25) is 4.79 Å². The number of rotatable bonds is 7. The second kappa shape index (κ2) is 7.10. The molecule has 1 aliphatic carbocycles. The number of hydrogen-bond donors (Lipinski definition) is 1. The largest absolute Gasteiger partial charge is 0.465 e. The first-order valence-electron chi connectivity index (χ1n) is 7.27. The Balaban J connectivity index is 2.59. The maximum atomic E-state index is 11.9. The Morgan fingerprint density at radius 3 is 2.44 bits per heavy atom. The Kier molecular flexibility index (Phi) is 6.09. The second-order valence-corrected chi connectivity index (χ2v) is 5.31. The van der Waals surface area contributed by atoms with E-state index >= 15 is 0 Å². The summed E-state index contributed by atoms with van der Waals surface area (Å²) in [5, 5.41) is 0. The molecule has 0 radical (unpaired) electrons. The number of carbonyl (C=O) groups is 1. The van der Waals surface area contributed by atoms with Crippen molar-refractivity contribution < 1.29 is 9.53 Å². The molecule has 1 rings (SSSR count). The lowest BCUT2D eigenvalue weighted by atomic mass is 9.99. The van der Waals surface area contributed by atoms with Crippen LogP contribution in [-0.4, -0.2) is 42.1 Å². The van der Waals surface area contributed by atoms with E-state index in [1.54, 1.807) is 0 Å². The Hall–Kier alpha value is -0.610. The van der Waals surface area contributed by atoms with Crippen molar-refractivity contribution >= 4 is 5.97 Å². The molecule has 0 aliphatic heterocycles. The lowest BCUT2D eigenvalue weighted by Gasteiger charge is -2.29. The van der Waals surface area contributed by atoms with Gasteiger partial charge in [-0.2, -0.15) is 0 Å². The molecular weight excluding hydrogens is 228 g/mol. The summed E-state index contributed by atoms with van der Waals surface area (Å²) >= 11 is 0. The molecule has 0 heterocycles. The minimum atomic E-state index is -0.750. The van der Waals surface area contributed by atoms with Crippen molar-refractivity contribution in [1.29, 1.82) is 0 Å². The smallest absolute Gasteiger partial charge is 0.326 e. The van der Waals surface area contributed by atoms with Crippen LogP contribution in [0.2, 0.25) is 0 Å². The molecule has 4 nitrogen and oxygen atoms in total. The van der Waals surface area contributed by atoms with Crippen LogP contribution < -0.4 is 5.73 Å². The normalized spacial score (nSPS) is 27.7. The van der Waals surface area contributed by atoms with E-state index in [1.165, 1.54) is 0 Å². The Labute approximate surface area is 111 Å². The van der Waals surface area contributed by atoms with Gasteiger partial charge in [0.25, 0.3) is 0 Å². The minimum absolute atomic E-state index is 0.222. The summed E-state index contributed by atoms with van der Waals surface area (Å²) < 4.78 is 5.09. The van der Waals surface area contributed by atoms with Gasteiger partial charge in [0.05, 0.1) is 6.61 Å². The molecule has 0 aromatic carbocycles. The molecule has 106 valence electrons. The average molecular weight is 256 g/mol. The Morgan fingerprint density at radius 1 is 1.33 bits per heavy atom. The highest BCUT2D eigenvalue weighted by Crippen LogP contribution is 2.32. The SMILES string of the molecule is CCCN(CCC)C1CCC(N)(C(=O)OCC)C1. The quantitative estimate of drug-likeness (QED) is 0.707. The summed E-state index contributed by atoms with van der Waals surface area (Å²) in [6.45, 7) is 8.82. The van der Waals surface area contributed by atoms with Crippen LogP contribution in [0.5, 0.6) is 0 Å². The van der Waals surface area contributed by atoms with E-state index in [0.717, 1.165) is 45.2 Å². The molecule has 0 amide bonds. The molecule has 0 aromatic heterocycles. The van der Waals surface area contributed by atoms with Crippen LogP contribution in [-0.2, 0) is 9.53 Å². The predicted molar refractivity (Wildman–Crippen MR) is 73.3 cm³/mol. The highest BCUT2D eigenvalue weighted by molar-refractivity contribution is 5.81. The summed E-state index contributed by atoms with van der Waals surface area (Å²) in [6.07, 6.45) is 4.79. The van der Waals surface area contributed by atoms with Gasteiger partial charge >= 0.3 is 5.97 Å². The minimum Gasteiger partial charge on any atom is -0.465 e. The zero-order valence-corrected chi connectivity index (χ0v) is 12.1. The molecule has 0 spiro atoms. The fourth-order valence-corrected chi connectivity index (χ4v) is 2.87. The van der Waals surface area contributed by atoms with Crippen LogP contribution in [0.25, 0.3) is 0 Å². The molecule has 1 aliphatic rings. The second-order valence-electron chi connectivity index (χ2n) is 5.31. The van der Waals surface area contributed by atoms with Gasteiger partial charge in [-0.15, -0.1) is 0 Å². The number of esters is 1. The lowest BCUT2D eigenvalue weighted by Crippen LogP contribution is -2.48. The number of hydrogen-bond acceptors (Lipinski definition) is 4. The summed E-state index contributed by atoms with van der Waals surface area (Å²) in [4.78, 5) is 14.4. The van der Waals surface area contributed by atoms with Crippen molar-refractivity contribution in [2.24, 2.45) is 5.73 Å². The van der Waals surface area contributed by atoms with Crippen LogP contribution in [0, 0.1) is 0 Å². The maximum Gasteiger partial charge on any atom is 0.326 e. The molecule has 4 heteroatoms. The average Bonchev–Trinajstić information content (AvgIpc) is 2.73. The third-order valence-electron chi connectivity index (χ3n) is 3.74. The van der Waals surface area contributed by atoms with Crippen LogP contribution in [0.1, 0.15) is 52.9 Å². The van der Waals surface area contributed by atoms with Gasteiger partial charge in [0, 0.05) is 6.04 Å². The predicted octanol–water partition coefficient (Wildman–Crippen LogP) is 1.92. The van der Waals surface area contributed by atoms with Crippen molar-refractivity contribution in [3.63, 3.8) is 0 Å². The van der Waals surface area contributed by atoms with E-state index in [1.807, 2.05) is 6.92 Å². The number of nitrogens with two attached hydrogens (primary N) is 1. The van der Waals surface area contributed by atoms with E-state index < -0.39 is 5.54 Å². The molecule has 1 saturated carbocycles. The number of carbonyl (C=O) groups excluding carboxylic acids is 1. The monoisotopic (exact) mass is 256 g/mol. The van der Waals surface area contributed by atoms with Crippen molar-refractivity contribution in [1.82, 2.24) is 4.90 Å². The van der Waals surface area contributed by atoms with Crippen molar-refractivity contribution in [2.75, 3.05) is 19.7 Å². The lowest BCUT2D eigenvalue weighted by molar-refractivity contribution is -0.149. The van der Waals surface area contributed by atoms with Gasteiger partial charge in [0.2, 0.25) is 0 Å². The van der Waals surface area contributed by atoms with Gasteiger partial charge in [-0.1, -0.05) is 13.8 Å². The van der Waals surface area contributed by atoms with Crippen molar-refractivity contribution in [2.45, 2.75) is 64.5 Å². The third kappa shape index (κ3) is 3.69. The van der Waals surface area contributed by atoms with Gasteiger partial charge in [0.1, 0.15) is 5.54 Å². The molecule has 0 aromatic rings. The molecular formula is C14H28N2O2.